The summed E-state index contributed by atoms with van der Waals surface area (Å²) in [5.41, 5.74) is 8.68. The number of amides is 1. The van der Waals surface area contributed by atoms with E-state index < -0.39 is 5.97 Å². The topological polar surface area (TPSA) is 106 Å². The number of nitrogens with two attached hydrogens (primary N) is 1. The fourth-order valence-corrected chi connectivity index (χ4v) is 5.19. The zero-order valence-electron chi connectivity index (χ0n) is 15.8. The van der Waals surface area contributed by atoms with Crippen molar-refractivity contribution in [3.8, 4) is 5.75 Å². The Morgan fingerprint density at radius 3 is 3.00 bits per heavy atom. The van der Waals surface area contributed by atoms with Crippen LogP contribution in [0.25, 0.3) is 0 Å². The number of hydrogen-bond acceptors (Lipinski definition) is 7. The van der Waals surface area contributed by atoms with Gasteiger partial charge in [-0.1, -0.05) is 17.8 Å². The highest BCUT2D eigenvalue weighted by atomic mass is 32.2. The summed E-state index contributed by atoms with van der Waals surface area (Å²) in [6.07, 6.45) is 1.22. The van der Waals surface area contributed by atoms with Crippen molar-refractivity contribution in [1.82, 2.24) is 9.88 Å². The molecule has 2 heterocycles. The summed E-state index contributed by atoms with van der Waals surface area (Å²) in [6, 6.07) is 5.47. The largest absolute Gasteiger partial charge is 0.497 e. The third-order valence-corrected chi connectivity index (χ3v) is 6.90. The first-order valence-electron chi connectivity index (χ1n) is 8.92. The molecular formula is C19H23N3O4S2. The Bertz CT molecular complexity index is 871. The lowest BCUT2D eigenvalue weighted by atomic mass is 9.94. The van der Waals surface area contributed by atoms with E-state index in [0.29, 0.717) is 23.1 Å². The van der Waals surface area contributed by atoms with Crippen LogP contribution in [0.3, 0.4) is 0 Å². The number of ether oxygens (including phenoxy) is 1. The third-order valence-electron chi connectivity index (χ3n) is 4.89. The number of carbonyl (C=O) groups is 2. The fraction of sp³-hybridized carbons (Fsp3) is 0.421. The van der Waals surface area contributed by atoms with Crippen molar-refractivity contribution in [3.63, 3.8) is 0 Å². The minimum atomic E-state index is -1.03. The maximum Gasteiger partial charge on any atom is 0.355 e. The lowest BCUT2D eigenvalue weighted by Crippen LogP contribution is -2.41. The molecule has 1 saturated heterocycles. The Hall–Kier alpha value is -2.10. The molecule has 1 amide bonds. The van der Waals surface area contributed by atoms with Crippen LogP contribution in [-0.4, -0.2) is 52.3 Å². The van der Waals surface area contributed by atoms with Crippen LogP contribution in [0.4, 0.5) is 0 Å². The first-order chi connectivity index (χ1) is 13.4. The summed E-state index contributed by atoms with van der Waals surface area (Å²) in [5.74, 6) is 0.462. The predicted octanol–water partition coefficient (Wildman–Crippen LogP) is 2.94. The number of methoxy groups -OCH3 is 1. The van der Waals surface area contributed by atoms with Crippen molar-refractivity contribution in [1.29, 1.82) is 0 Å². The lowest BCUT2D eigenvalue weighted by Gasteiger charge is -2.30. The average Bonchev–Trinajstić information content (AvgIpc) is 3.29. The van der Waals surface area contributed by atoms with E-state index >= 15 is 0 Å². The summed E-state index contributed by atoms with van der Waals surface area (Å²) in [5, 5.41) is 10.5. The minimum Gasteiger partial charge on any atom is -0.497 e. The van der Waals surface area contributed by atoms with Crippen molar-refractivity contribution < 1.29 is 19.4 Å². The Labute approximate surface area is 171 Å². The Balaban J connectivity index is 1.66. The number of carboxylic acid groups (broad SMARTS) is 1. The van der Waals surface area contributed by atoms with Crippen LogP contribution in [0, 0.1) is 6.92 Å². The number of aromatic carboxylic acids is 1. The molecule has 0 radical (unpaired) electrons. The molecule has 0 saturated carbocycles. The van der Waals surface area contributed by atoms with E-state index in [2.05, 4.69) is 4.98 Å². The minimum absolute atomic E-state index is 0.0538. The number of rotatable bonds is 8. The molecule has 3 rings (SSSR count). The molecular weight excluding hydrogens is 398 g/mol. The van der Waals surface area contributed by atoms with Gasteiger partial charge in [0.2, 0.25) is 5.91 Å². The summed E-state index contributed by atoms with van der Waals surface area (Å²) < 4.78 is 6.00. The third kappa shape index (κ3) is 4.48. The summed E-state index contributed by atoms with van der Waals surface area (Å²) in [6.45, 7) is 2.56. The standard InChI is InChI=1S/C19H23N3O4S2/c1-11-3-4-12(26-2)9-13(11)17(20)15-5-6-16(23)22(15)7-8-27-19-21-14(10-28-19)18(24)25/h3-4,9-10,15,17H,5-8,20H2,1-2H3,(H,24,25)/t15-,17?/m1/s1. The number of carbonyl (C=O) groups excluding carboxylic acids is 1. The quantitative estimate of drug-likeness (QED) is 0.631. The van der Waals surface area contributed by atoms with Gasteiger partial charge < -0.3 is 20.5 Å². The van der Waals surface area contributed by atoms with Crippen LogP contribution in [0.2, 0.25) is 0 Å². The average molecular weight is 422 g/mol. The molecule has 7 nitrogen and oxygen atoms in total. The molecule has 1 unspecified atom stereocenters. The smallest absolute Gasteiger partial charge is 0.355 e. The number of nitrogens with zero attached hydrogens (tertiary/aromatic N) is 2. The molecule has 150 valence electrons. The fourth-order valence-electron chi connectivity index (χ4n) is 3.38. The van der Waals surface area contributed by atoms with Crippen molar-refractivity contribution in [2.45, 2.75) is 36.2 Å². The second-order valence-electron chi connectivity index (χ2n) is 6.59. The van der Waals surface area contributed by atoms with Crippen molar-refractivity contribution >= 4 is 35.0 Å². The van der Waals surface area contributed by atoms with Crippen molar-refractivity contribution in [2.24, 2.45) is 5.73 Å². The molecule has 0 aliphatic carbocycles. The van der Waals surface area contributed by atoms with Gasteiger partial charge in [0.15, 0.2) is 10.0 Å². The van der Waals surface area contributed by atoms with E-state index in [4.69, 9.17) is 15.6 Å². The molecule has 9 heteroatoms. The lowest BCUT2D eigenvalue weighted by molar-refractivity contribution is -0.128. The molecule has 1 aromatic heterocycles. The molecule has 0 bridgehead atoms. The van der Waals surface area contributed by atoms with Gasteiger partial charge in [0.05, 0.1) is 19.2 Å². The van der Waals surface area contributed by atoms with Gasteiger partial charge in [-0.2, -0.15) is 0 Å². The van der Waals surface area contributed by atoms with Crippen LogP contribution in [0.15, 0.2) is 27.9 Å². The van der Waals surface area contributed by atoms with E-state index in [1.165, 1.54) is 28.5 Å². The monoisotopic (exact) mass is 421 g/mol. The molecule has 3 N–H and O–H groups in total. The van der Waals surface area contributed by atoms with Gasteiger partial charge in [-0.25, -0.2) is 9.78 Å². The number of aromatic nitrogens is 1. The van der Waals surface area contributed by atoms with Crippen LogP contribution in [0.5, 0.6) is 5.75 Å². The zero-order valence-corrected chi connectivity index (χ0v) is 17.4. The second kappa shape index (κ2) is 8.93. The summed E-state index contributed by atoms with van der Waals surface area (Å²) >= 11 is 2.76. The normalized spacial score (nSPS) is 17.8. The number of thiazole rings is 1. The molecule has 1 fully saturated rings. The van der Waals surface area contributed by atoms with Gasteiger partial charge in [0, 0.05) is 24.1 Å². The molecule has 1 aromatic carbocycles. The van der Waals surface area contributed by atoms with Gasteiger partial charge in [0.1, 0.15) is 5.75 Å². The van der Waals surface area contributed by atoms with Crippen molar-refractivity contribution in [2.75, 3.05) is 19.4 Å². The van der Waals surface area contributed by atoms with Gasteiger partial charge in [-0.05, 0) is 36.6 Å². The van der Waals surface area contributed by atoms with Crippen molar-refractivity contribution in [3.05, 3.63) is 40.4 Å². The van der Waals surface area contributed by atoms with Crippen LogP contribution in [0.1, 0.15) is 40.5 Å². The van der Waals surface area contributed by atoms with Crippen LogP contribution >= 0.6 is 23.1 Å². The highest BCUT2D eigenvalue weighted by molar-refractivity contribution is 8.01. The van der Waals surface area contributed by atoms with Gasteiger partial charge in [0.25, 0.3) is 0 Å². The first kappa shape index (κ1) is 20.6. The maximum atomic E-state index is 12.4. The van der Waals surface area contributed by atoms with E-state index in [9.17, 15) is 9.59 Å². The molecule has 0 spiro atoms. The number of aryl methyl sites for hydroxylation is 1. The Morgan fingerprint density at radius 2 is 2.32 bits per heavy atom. The molecule has 28 heavy (non-hydrogen) atoms. The number of carboxylic acids is 1. The van der Waals surface area contributed by atoms with E-state index in [0.717, 1.165) is 23.3 Å². The molecule has 2 aromatic rings. The van der Waals surface area contributed by atoms with Gasteiger partial charge >= 0.3 is 5.97 Å². The number of hydrogen-bond donors (Lipinski definition) is 2. The summed E-state index contributed by atoms with van der Waals surface area (Å²) in [4.78, 5) is 29.2. The van der Waals surface area contributed by atoms with Crippen LogP contribution in [-0.2, 0) is 4.79 Å². The number of likely N-dealkylation sites (tertiary alicyclic amines) is 1. The number of thioether (sulfide) groups is 1. The maximum absolute atomic E-state index is 12.4. The molecule has 1 aliphatic heterocycles. The molecule has 1 aliphatic rings. The Kier molecular flexibility index (Phi) is 6.58. The van der Waals surface area contributed by atoms with Gasteiger partial charge in [-0.3, -0.25) is 4.79 Å². The Morgan fingerprint density at radius 1 is 1.54 bits per heavy atom. The highest BCUT2D eigenvalue weighted by Gasteiger charge is 2.35. The van der Waals surface area contributed by atoms with Crippen LogP contribution < -0.4 is 10.5 Å². The summed E-state index contributed by atoms with van der Waals surface area (Å²) in [7, 11) is 1.62. The predicted molar refractivity (Wildman–Crippen MR) is 109 cm³/mol. The molecule has 2 atom stereocenters. The second-order valence-corrected chi connectivity index (χ2v) is 8.79. The van der Waals surface area contributed by atoms with E-state index in [1.807, 2.05) is 30.0 Å². The number of benzene rings is 1. The highest BCUT2D eigenvalue weighted by Crippen LogP contribution is 2.32. The SMILES string of the molecule is COc1ccc(C)c(C(N)[C@H]2CCC(=O)N2CCSc2nc(C(=O)O)cs2)c1. The van der Waals surface area contributed by atoms with Gasteiger partial charge in [-0.15, -0.1) is 11.3 Å². The first-order valence-corrected chi connectivity index (χ1v) is 10.8. The zero-order chi connectivity index (χ0) is 20.3. The van der Waals surface area contributed by atoms with E-state index in [1.54, 1.807) is 7.11 Å². The van der Waals surface area contributed by atoms with E-state index in [-0.39, 0.29) is 23.7 Å².